The lowest BCUT2D eigenvalue weighted by Crippen LogP contribution is -2.19. The zero-order chi connectivity index (χ0) is 27.4. The standard InChI is InChI=1S/C29H21Cl2N3O3S2/c1-37-20-11-13-24-25(16-20)39-29(33-24)34-28(36)26(17-6-3-2-4-7-17)38-21-9-5-8-19(15-21)32-27(35)22-12-10-18(30)14-23(22)31/h2-16,26H,1H3,(H,32,35)(H,33,34,36). The first-order valence-corrected chi connectivity index (χ1v) is 14.2. The maximum Gasteiger partial charge on any atom is 0.257 e. The molecule has 39 heavy (non-hydrogen) atoms. The number of carbonyl (C=O) groups excluding carboxylic acids is 2. The third kappa shape index (κ3) is 6.54. The van der Waals surface area contributed by atoms with Crippen LogP contribution in [0.1, 0.15) is 21.2 Å². The van der Waals surface area contributed by atoms with E-state index in [1.165, 1.54) is 29.2 Å². The number of fused-ring (bicyclic) bond motifs is 1. The van der Waals surface area contributed by atoms with Crippen molar-refractivity contribution in [1.82, 2.24) is 4.98 Å². The second kappa shape index (κ2) is 12.1. The summed E-state index contributed by atoms with van der Waals surface area (Å²) in [6.45, 7) is 0. The summed E-state index contributed by atoms with van der Waals surface area (Å²) < 4.78 is 6.21. The molecule has 0 fully saturated rings. The van der Waals surface area contributed by atoms with Crippen LogP contribution in [-0.2, 0) is 4.79 Å². The number of carbonyl (C=O) groups is 2. The van der Waals surface area contributed by atoms with Gasteiger partial charge in [0.1, 0.15) is 11.0 Å². The molecule has 1 atom stereocenters. The Balaban J connectivity index is 1.36. The molecule has 0 aliphatic carbocycles. The zero-order valence-electron chi connectivity index (χ0n) is 20.5. The third-order valence-electron chi connectivity index (χ3n) is 5.69. The maximum atomic E-state index is 13.5. The number of hydrogen-bond donors (Lipinski definition) is 2. The molecule has 4 aromatic carbocycles. The van der Waals surface area contributed by atoms with E-state index in [9.17, 15) is 9.59 Å². The van der Waals surface area contributed by atoms with Gasteiger partial charge in [-0.05, 0) is 60.2 Å². The number of thiazole rings is 1. The topological polar surface area (TPSA) is 80.3 Å². The van der Waals surface area contributed by atoms with Crippen LogP contribution in [-0.4, -0.2) is 23.9 Å². The van der Waals surface area contributed by atoms with Crippen molar-refractivity contribution in [2.45, 2.75) is 10.1 Å². The lowest BCUT2D eigenvalue weighted by Gasteiger charge is -2.17. The minimum atomic E-state index is -0.565. The SMILES string of the molecule is COc1ccc2nc(NC(=O)C(Sc3cccc(NC(=O)c4ccc(Cl)cc4Cl)c3)c3ccccc3)sc2c1. The number of halogens is 2. The summed E-state index contributed by atoms with van der Waals surface area (Å²) in [6, 6.07) is 27.1. The molecule has 0 spiro atoms. The lowest BCUT2D eigenvalue weighted by atomic mass is 10.1. The van der Waals surface area contributed by atoms with Crippen molar-refractivity contribution in [2.24, 2.45) is 0 Å². The van der Waals surface area contributed by atoms with Crippen molar-refractivity contribution in [2.75, 3.05) is 17.7 Å². The largest absolute Gasteiger partial charge is 0.497 e. The van der Waals surface area contributed by atoms with Crippen LogP contribution < -0.4 is 15.4 Å². The van der Waals surface area contributed by atoms with Gasteiger partial charge in [0, 0.05) is 15.6 Å². The molecule has 0 aliphatic rings. The van der Waals surface area contributed by atoms with Gasteiger partial charge in [0.25, 0.3) is 5.91 Å². The summed E-state index contributed by atoms with van der Waals surface area (Å²) in [7, 11) is 1.61. The molecule has 6 nitrogen and oxygen atoms in total. The van der Waals surface area contributed by atoms with E-state index in [2.05, 4.69) is 15.6 Å². The predicted molar refractivity (Wildman–Crippen MR) is 161 cm³/mol. The quantitative estimate of drug-likeness (QED) is 0.177. The van der Waals surface area contributed by atoms with Crippen molar-refractivity contribution in [3.05, 3.63) is 112 Å². The van der Waals surface area contributed by atoms with Gasteiger partial charge in [-0.3, -0.25) is 9.59 Å². The number of ether oxygens (including phenoxy) is 1. The van der Waals surface area contributed by atoms with E-state index in [1.807, 2.05) is 66.7 Å². The Labute approximate surface area is 243 Å². The summed E-state index contributed by atoms with van der Waals surface area (Å²) in [6.07, 6.45) is 0. The first-order chi connectivity index (χ1) is 18.9. The van der Waals surface area contributed by atoms with Crippen LogP contribution in [0.15, 0.2) is 95.9 Å². The first-order valence-electron chi connectivity index (χ1n) is 11.7. The summed E-state index contributed by atoms with van der Waals surface area (Å²) in [5.74, 6) is 0.162. The Morgan fingerprint density at radius 2 is 1.74 bits per heavy atom. The van der Waals surface area contributed by atoms with Gasteiger partial charge in [0.2, 0.25) is 5.91 Å². The summed E-state index contributed by atoms with van der Waals surface area (Å²) in [5.41, 5.74) is 2.51. The Kier molecular flexibility index (Phi) is 8.38. The molecular weight excluding hydrogens is 573 g/mol. The van der Waals surface area contributed by atoms with Crippen molar-refractivity contribution in [3.63, 3.8) is 0 Å². The van der Waals surface area contributed by atoms with Crippen molar-refractivity contribution in [3.8, 4) is 5.75 Å². The smallest absolute Gasteiger partial charge is 0.257 e. The number of benzene rings is 4. The van der Waals surface area contributed by atoms with E-state index in [0.717, 1.165) is 26.4 Å². The fourth-order valence-corrected chi connectivity index (χ4v) is 6.29. The Hall–Kier alpha value is -3.56. The van der Waals surface area contributed by atoms with Crippen LogP contribution in [0.4, 0.5) is 10.8 Å². The first kappa shape index (κ1) is 27.0. The molecule has 2 amide bonds. The van der Waals surface area contributed by atoms with E-state index in [1.54, 1.807) is 25.3 Å². The van der Waals surface area contributed by atoms with Gasteiger partial charge in [-0.2, -0.15) is 0 Å². The molecule has 1 unspecified atom stereocenters. The second-order valence-corrected chi connectivity index (χ2v) is 11.4. The van der Waals surface area contributed by atoms with Gasteiger partial charge in [-0.1, -0.05) is 70.9 Å². The third-order valence-corrected chi connectivity index (χ3v) is 8.42. The Morgan fingerprint density at radius 3 is 2.51 bits per heavy atom. The van der Waals surface area contributed by atoms with Crippen molar-refractivity contribution in [1.29, 1.82) is 0 Å². The average molecular weight is 595 g/mol. The molecule has 0 aliphatic heterocycles. The van der Waals surface area contributed by atoms with Gasteiger partial charge in [-0.25, -0.2) is 4.98 Å². The molecule has 10 heteroatoms. The fraction of sp³-hybridized carbons (Fsp3) is 0.0690. The van der Waals surface area contributed by atoms with Crippen LogP contribution in [0.25, 0.3) is 10.2 Å². The number of nitrogens with zero attached hydrogens (tertiary/aromatic N) is 1. The van der Waals surface area contributed by atoms with Gasteiger partial charge < -0.3 is 15.4 Å². The van der Waals surface area contributed by atoms with E-state index in [0.29, 0.717) is 21.4 Å². The number of rotatable bonds is 8. The highest BCUT2D eigenvalue weighted by atomic mass is 35.5. The second-order valence-electron chi connectivity index (χ2n) is 8.36. The summed E-state index contributed by atoms with van der Waals surface area (Å²) in [5, 5.41) is 6.50. The van der Waals surface area contributed by atoms with Crippen LogP contribution in [0.2, 0.25) is 10.0 Å². The molecule has 0 bridgehead atoms. The van der Waals surface area contributed by atoms with Gasteiger partial charge in [-0.15, -0.1) is 11.8 Å². The van der Waals surface area contributed by atoms with Gasteiger partial charge in [0.05, 0.1) is 27.9 Å². The van der Waals surface area contributed by atoms with Crippen molar-refractivity contribution >= 4 is 79.2 Å². The van der Waals surface area contributed by atoms with Crippen molar-refractivity contribution < 1.29 is 14.3 Å². The van der Waals surface area contributed by atoms with Gasteiger partial charge in [0.15, 0.2) is 5.13 Å². The molecule has 196 valence electrons. The highest BCUT2D eigenvalue weighted by Gasteiger charge is 2.24. The normalized spacial score (nSPS) is 11.7. The average Bonchev–Trinajstić information content (AvgIpc) is 3.33. The number of methoxy groups -OCH3 is 1. The van der Waals surface area contributed by atoms with Crippen LogP contribution in [0.5, 0.6) is 5.75 Å². The summed E-state index contributed by atoms with van der Waals surface area (Å²) in [4.78, 5) is 31.7. The number of amides is 2. The van der Waals surface area contributed by atoms with E-state index < -0.39 is 5.25 Å². The highest BCUT2D eigenvalue weighted by molar-refractivity contribution is 8.00. The fourth-order valence-electron chi connectivity index (χ4n) is 3.81. The molecule has 1 aromatic heterocycles. The number of nitrogens with one attached hydrogen (secondary N) is 2. The number of thioether (sulfide) groups is 1. The number of aromatic nitrogens is 1. The molecule has 1 heterocycles. The minimum Gasteiger partial charge on any atom is -0.497 e. The molecular formula is C29H21Cl2N3O3S2. The molecule has 5 rings (SSSR count). The number of anilines is 2. The predicted octanol–water partition coefficient (Wildman–Crippen LogP) is 8.34. The molecule has 2 N–H and O–H groups in total. The zero-order valence-corrected chi connectivity index (χ0v) is 23.6. The number of hydrogen-bond acceptors (Lipinski definition) is 6. The van der Waals surface area contributed by atoms with Crippen LogP contribution in [0.3, 0.4) is 0 Å². The Morgan fingerprint density at radius 1 is 0.923 bits per heavy atom. The summed E-state index contributed by atoms with van der Waals surface area (Å²) >= 11 is 14.9. The van der Waals surface area contributed by atoms with E-state index in [4.69, 9.17) is 27.9 Å². The Bertz CT molecular complexity index is 1660. The van der Waals surface area contributed by atoms with E-state index in [-0.39, 0.29) is 16.8 Å². The van der Waals surface area contributed by atoms with E-state index >= 15 is 0 Å². The monoisotopic (exact) mass is 593 g/mol. The molecule has 0 saturated carbocycles. The lowest BCUT2D eigenvalue weighted by molar-refractivity contribution is -0.115. The van der Waals surface area contributed by atoms with Crippen LogP contribution >= 0.6 is 46.3 Å². The molecule has 5 aromatic rings. The maximum absolute atomic E-state index is 13.5. The minimum absolute atomic E-state index is 0.209. The van der Waals surface area contributed by atoms with Gasteiger partial charge >= 0.3 is 0 Å². The highest BCUT2D eigenvalue weighted by Crippen LogP contribution is 2.38. The molecule has 0 saturated heterocycles. The van der Waals surface area contributed by atoms with Crippen LogP contribution in [0, 0.1) is 0 Å². The molecule has 0 radical (unpaired) electrons.